The van der Waals surface area contributed by atoms with E-state index < -0.39 is 0 Å². The van der Waals surface area contributed by atoms with E-state index in [2.05, 4.69) is 43.5 Å². The molecule has 78 valence electrons. The Bertz CT molecular complexity index is 446. The first-order chi connectivity index (χ1) is 7.18. The van der Waals surface area contributed by atoms with Crippen molar-refractivity contribution in [1.29, 1.82) is 0 Å². The molecule has 0 spiro atoms. The van der Waals surface area contributed by atoms with Crippen molar-refractivity contribution in [2.24, 2.45) is 5.73 Å². The van der Waals surface area contributed by atoms with E-state index in [0.717, 1.165) is 0 Å². The van der Waals surface area contributed by atoms with Crippen molar-refractivity contribution >= 4 is 11.3 Å². The largest absolute Gasteiger partial charge is 0.320 e. The lowest BCUT2D eigenvalue weighted by Gasteiger charge is -2.11. The predicted molar refractivity (Wildman–Crippen MR) is 66.3 cm³/mol. The molecule has 0 saturated heterocycles. The standard InChI is InChI=1S/C13H15NS/c1-9-5-6-11(8-10(9)2)13(14)12-4-3-7-15-12/h3-8,13H,14H2,1-2H3. The summed E-state index contributed by atoms with van der Waals surface area (Å²) in [7, 11) is 0. The lowest BCUT2D eigenvalue weighted by Crippen LogP contribution is -2.10. The molecule has 1 unspecified atom stereocenters. The molecule has 0 amide bonds. The molecule has 0 radical (unpaired) electrons. The second-order valence-electron chi connectivity index (χ2n) is 3.84. The number of thiophene rings is 1. The van der Waals surface area contributed by atoms with Gasteiger partial charge in [-0.3, -0.25) is 0 Å². The highest BCUT2D eigenvalue weighted by Gasteiger charge is 2.09. The molecule has 0 aliphatic rings. The first kappa shape index (κ1) is 10.4. The summed E-state index contributed by atoms with van der Waals surface area (Å²) in [4.78, 5) is 1.22. The third-order valence-corrected chi connectivity index (χ3v) is 3.70. The summed E-state index contributed by atoms with van der Waals surface area (Å²) in [6.07, 6.45) is 0. The molecular weight excluding hydrogens is 202 g/mol. The van der Waals surface area contributed by atoms with Crippen molar-refractivity contribution in [3.63, 3.8) is 0 Å². The average Bonchev–Trinajstić information content (AvgIpc) is 2.74. The van der Waals surface area contributed by atoms with Gasteiger partial charge in [-0.1, -0.05) is 24.3 Å². The van der Waals surface area contributed by atoms with Crippen LogP contribution in [0.2, 0.25) is 0 Å². The Kier molecular flexibility index (Phi) is 2.89. The minimum Gasteiger partial charge on any atom is -0.320 e. The van der Waals surface area contributed by atoms with E-state index in [9.17, 15) is 0 Å². The van der Waals surface area contributed by atoms with Crippen molar-refractivity contribution in [3.8, 4) is 0 Å². The second kappa shape index (κ2) is 4.17. The zero-order valence-electron chi connectivity index (χ0n) is 9.03. The normalized spacial score (nSPS) is 12.7. The van der Waals surface area contributed by atoms with Crippen LogP contribution >= 0.6 is 11.3 Å². The lowest BCUT2D eigenvalue weighted by molar-refractivity contribution is 0.890. The van der Waals surface area contributed by atoms with E-state index in [0.29, 0.717) is 0 Å². The zero-order valence-corrected chi connectivity index (χ0v) is 9.84. The van der Waals surface area contributed by atoms with Crippen molar-refractivity contribution in [2.75, 3.05) is 0 Å². The van der Waals surface area contributed by atoms with E-state index in [4.69, 9.17) is 5.73 Å². The summed E-state index contributed by atoms with van der Waals surface area (Å²) in [6.45, 7) is 4.25. The van der Waals surface area contributed by atoms with Gasteiger partial charge in [-0.2, -0.15) is 0 Å². The van der Waals surface area contributed by atoms with Crippen LogP contribution in [0.5, 0.6) is 0 Å². The molecule has 15 heavy (non-hydrogen) atoms. The van der Waals surface area contributed by atoms with Gasteiger partial charge in [-0.15, -0.1) is 11.3 Å². The van der Waals surface area contributed by atoms with E-state index >= 15 is 0 Å². The van der Waals surface area contributed by atoms with E-state index in [1.807, 2.05) is 6.07 Å². The van der Waals surface area contributed by atoms with Crippen molar-refractivity contribution in [3.05, 3.63) is 57.3 Å². The maximum absolute atomic E-state index is 6.19. The van der Waals surface area contributed by atoms with Crippen LogP contribution in [0.3, 0.4) is 0 Å². The molecule has 1 aromatic heterocycles. The van der Waals surface area contributed by atoms with Gasteiger partial charge in [-0.25, -0.2) is 0 Å². The predicted octanol–water partition coefficient (Wildman–Crippen LogP) is 3.41. The van der Waals surface area contributed by atoms with Crippen LogP contribution in [-0.4, -0.2) is 0 Å². The number of hydrogen-bond acceptors (Lipinski definition) is 2. The lowest BCUT2D eigenvalue weighted by atomic mass is 10.0. The summed E-state index contributed by atoms with van der Waals surface area (Å²) in [5, 5.41) is 2.07. The fourth-order valence-corrected chi connectivity index (χ4v) is 2.34. The zero-order chi connectivity index (χ0) is 10.8. The smallest absolute Gasteiger partial charge is 0.0646 e. The van der Waals surface area contributed by atoms with Gasteiger partial charge in [-0.05, 0) is 42.0 Å². The van der Waals surface area contributed by atoms with Gasteiger partial charge >= 0.3 is 0 Å². The van der Waals surface area contributed by atoms with Crippen LogP contribution in [0.4, 0.5) is 0 Å². The molecule has 0 bridgehead atoms. The third kappa shape index (κ3) is 2.11. The van der Waals surface area contributed by atoms with Crippen LogP contribution in [0, 0.1) is 13.8 Å². The van der Waals surface area contributed by atoms with Crippen molar-refractivity contribution in [2.45, 2.75) is 19.9 Å². The number of aryl methyl sites for hydroxylation is 2. The summed E-state index contributed by atoms with van der Waals surface area (Å²) in [5.41, 5.74) is 10.0. The quantitative estimate of drug-likeness (QED) is 0.819. The van der Waals surface area contributed by atoms with Gasteiger partial charge in [0.05, 0.1) is 6.04 Å². The monoisotopic (exact) mass is 217 g/mol. The van der Waals surface area contributed by atoms with Crippen LogP contribution in [0.15, 0.2) is 35.7 Å². The Labute approximate surface area is 94.6 Å². The third-order valence-electron chi connectivity index (χ3n) is 2.74. The summed E-state index contributed by atoms with van der Waals surface area (Å²) in [6, 6.07) is 10.6. The fourth-order valence-electron chi connectivity index (χ4n) is 1.59. The first-order valence-electron chi connectivity index (χ1n) is 5.04. The molecule has 2 heteroatoms. The molecule has 0 aliphatic carbocycles. The summed E-state index contributed by atoms with van der Waals surface area (Å²) >= 11 is 1.71. The molecular formula is C13H15NS. The highest BCUT2D eigenvalue weighted by molar-refractivity contribution is 7.10. The highest BCUT2D eigenvalue weighted by atomic mass is 32.1. The molecule has 0 saturated carbocycles. The molecule has 2 N–H and O–H groups in total. The highest BCUT2D eigenvalue weighted by Crippen LogP contribution is 2.24. The average molecular weight is 217 g/mol. The summed E-state index contributed by atoms with van der Waals surface area (Å²) < 4.78 is 0. The van der Waals surface area contributed by atoms with Gasteiger partial charge < -0.3 is 5.73 Å². The Morgan fingerprint density at radius 1 is 1.13 bits per heavy atom. The number of nitrogens with two attached hydrogens (primary N) is 1. The maximum atomic E-state index is 6.19. The Balaban J connectivity index is 2.34. The van der Waals surface area contributed by atoms with Crippen molar-refractivity contribution < 1.29 is 0 Å². The van der Waals surface area contributed by atoms with Gasteiger partial charge in [0.1, 0.15) is 0 Å². The summed E-state index contributed by atoms with van der Waals surface area (Å²) in [5.74, 6) is 0. The number of rotatable bonds is 2. The molecule has 1 aromatic carbocycles. The topological polar surface area (TPSA) is 26.0 Å². The van der Waals surface area contributed by atoms with Gasteiger partial charge in [0, 0.05) is 4.88 Å². The number of hydrogen-bond donors (Lipinski definition) is 1. The Morgan fingerprint density at radius 2 is 1.93 bits per heavy atom. The molecule has 1 nitrogen and oxygen atoms in total. The molecule has 0 fully saturated rings. The second-order valence-corrected chi connectivity index (χ2v) is 4.82. The van der Waals surface area contributed by atoms with Gasteiger partial charge in [0.2, 0.25) is 0 Å². The molecule has 1 atom stereocenters. The molecule has 2 aromatic rings. The van der Waals surface area contributed by atoms with Gasteiger partial charge in [0.15, 0.2) is 0 Å². The van der Waals surface area contributed by atoms with Gasteiger partial charge in [0.25, 0.3) is 0 Å². The molecule has 2 rings (SSSR count). The van der Waals surface area contributed by atoms with Crippen LogP contribution in [0.25, 0.3) is 0 Å². The fraction of sp³-hybridized carbons (Fsp3) is 0.231. The minimum atomic E-state index is 0.0179. The van der Waals surface area contributed by atoms with Crippen LogP contribution in [-0.2, 0) is 0 Å². The first-order valence-corrected chi connectivity index (χ1v) is 5.92. The molecule has 1 heterocycles. The van der Waals surface area contributed by atoms with E-state index in [1.165, 1.54) is 21.6 Å². The van der Waals surface area contributed by atoms with Crippen LogP contribution in [0.1, 0.15) is 27.6 Å². The maximum Gasteiger partial charge on any atom is 0.0646 e. The van der Waals surface area contributed by atoms with E-state index in [-0.39, 0.29) is 6.04 Å². The molecule has 0 aliphatic heterocycles. The Hall–Kier alpha value is -1.12. The minimum absolute atomic E-state index is 0.0179. The van der Waals surface area contributed by atoms with E-state index in [1.54, 1.807) is 11.3 Å². The number of benzene rings is 1. The SMILES string of the molecule is Cc1ccc(C(N)c2cccs2)cc1C. The van der Waals surface area contributed by atoms with Crippen LogP contribution < -0.4 is 5.73 Å². The van der Waals surface area contributed by atoms with Crippen molar-refractivity contribution in [1.82, 2.24) is 0 Å². The Morgan fingerprint density at radius 3 is 2.53 bits per heavy atom.